The van der Waals surface area contributed by atoms with E-state index in [9.17, 15) is 18.4 Å². The molecule has 170 valence electrons. The first-order chi connectivity index (χ1) is 16.0. The van der Waals surface area contributed by atoms with Gasteiger partial charge in [-0.3, -0.25) is 14.5 Å². The predicted molar refractivity (Wildman–Crippen MR) is 120 cm³/mol. The van der Waals surface area contributed by atoms with E-state index < -0.39 is 11.6 Å². The zero-order valence-corrected chi connectivity index (χ0v) is 17.8. The molecule has 1 fully saturated rings. The third-order valence-corrected chi connectivity index (χ3v) is 5.33. The van der Waals surface area contributed by atoms with Gasteiger partial charge in [-0.2, -0.15) is 0 Å². The Labute approximate surface area is 190 Å². The van der Waals surface area contributed by atoms with Gasteiger partial charge in [0.2, 0.25) is 5.91 Å². The number of ether oxygens (including phenoxy) is 1. The lowest BCUT2D eigenvalue weighted by Gasteiger charge is -2.34. The molecule has 1 saturated heterocycles. The van der Waals surface area contributed by atoms with Gasteiger partial charge in [-0.1, -0.05) is 30.3 Å². The molecule has 2 amide bonds. The summed E-state index contributed by atoms with van der Waals surface area (Å²) < 4.78 is 32.4. The lowest BCUT2D eigenvalue weighted by Crippen LogP contribution is -2.50. The van der Waals surface area contributed by atoms with Gasteiger partial charge in [0.15, 0.2) is 17.4 Å². The summed E-state index contributed by atoms with van der Waals surface area (Å²) >= 11 is 0. The Morgan fingerprint density at radius 2 is 1.55 bits per heavy atom. The molecule has 0 saturated carbocycles. The number of carbonyl (C=O) groups excluding carboxylic acids is 2. The van der Waals surface area contributed by atoms with Crippen LogP contribution in [0.1, 0.15) is 10.4 Å². The van der Waals surface area contributed by atoms with Crippen LogP contribution in [0.15, 0.2) is 72.8 Å². The van der Waals surface area contributed by atoms with E-state index in [4.69, 9.17) is 4.74 Å². The average molecular weight is 451 g/mol. The number of nitrogens with one attached hydrogen (secondary N) is 1. The maximum atomic E-state index is 13.4. The number of anilines is 1. The van der Waals surface area contributed by atoms with Crippen molar-refractivity contribution in [3.05, 3.63) is 90.0 Å². The minimum atomic E-state index is -1.05. The largest absolute Gasteiger partial charge is 0.455 e. The molecule has 1 N–H and O–H groups in total. The van der Waals surface area contributed by atoms with E-state index in [1.165, 1.54) is 6.07 Å². The van der Waals surface area contributed by atoms with E-state index in [1.807, 2.05) is 47.4 Å². The normalized spacial score (nSPS) is 14.1. The number of rotatable bonds is 6. The number of para-hydroxylation sites is 3. The zero-order valence-electron chi connectivity index (χ0n) is 17.8. The maximum Gasteiger partial charge on any atom is 0.254 e. The molecule has 0 spiro atoms. The Kier molecular flexibility index (Phi) is 6.95. The van der Waals surface area contributed by atoms with Crippen LogP contribution < -0.4 is 10.1 Å². The van der Waals surface area contributed by atoms with E-state index >= 15 is 0 Å². The molecule has 6 nitrogen and oxygen atoms in total. The molecule has 8 heteroatoms. The Hall–Kier alpha value is -3.78. The fraction of sp³-hybridized carbons (Fsp3) is 0.200. The minimum Gasteiger partial charge on any atom is -0.455 e. The molecule has 1 heterocycles. The van der Waals surface area contributed by atoms with Crippen molar-refractivity contribution in [3.63, 3.8) is 0 Å². The van der Waals surface area contributed by atoms with Crippen LogP contribution in [0.25, 0.3) is 0 Å². The summed E-state index contributed by atoms with van der Waals surface area (Å²) in [7, 11) is 0. The molecule has 0 unspecified atom stereocenters. The van der Waals surface area contributed by atoms with Crippen molar-refractivity contribution < 1.29 is 23.1 Å². The number of carbonyl (C=O) groups is 2. The van der Waals surface area contributed by atoms with Crippen LogP contribution in [0.3, 0.4) is 0 Å². The second-order valence-electron chi connectivity index (χ2n) is 7.66. The van der Waals surface area contributed by atoms with Crippen molar-refractivity contribution in [3.8, 4) is 11.5 Å². The van der Waals surface area contributed by atoms with Crippen molar-refractivity contribution >= 4 is 17.5 Å². The van der Waals surface area contributed by atoms with Gasteiger partial charge >= 0.3 is 0 Å². The number of amides is 2. The molecule has 3 aromatic rings. The fourth-order valence-electron chi connectivity index (χ4n) is 3.59. The number of hydrogen-bond donors (Lipinski definition) is 1. The predicted octanol–water partition coefficient (Wildman–Crippen LogP) is 4.15. The zero-order chi connectivity index (χ0) is 23.2. The third kappa shape index (κ3) is 5.72. The molecule has 4 rings (SSSR count). The Morgan fingerprint density at radius 3 is 2.27 bits per heavy atom. The van der Waals surface area contributed by atoms with Crippen molar-refractivity contribution in [2.75, 3.05) is 38.0 Å². The molecule has 0 aliphatic carbocycles. The number of piperazine rings is 1. The van der Waals surface area contributed by atoms with E-state index in [-0.39, 0.29) is 23.9 Å². The van der Waals surface area contributed by atoms with Crippen molar-refractivity contribution in [1.29, 1.82) is 0 Å². The Bertz CT molecular complexity index is 1130. The van der Waals surface area contributed by atoms with Gasteiger partial charge in [-0.25, -0.2) is 8.78 Å². The summed E-state index contributed by atoms with van der Waals surface area (Å²) in [4.78, 5) is 28.7. The van der Waals surface area contributed by atoms with Crippen LogP contribution >= 0.6 is 0 Å². The molecule has 1 aliphatic rings. The van der Waals surface area contributed by atoms with Crippen molar-refractivity contribution in [2.24, 2.45) is 0 Å². The molecule has 33 heavy (non-hydrogen) atoms. The molecular weight excluding hydrogens is 428 g/mol. The Morgan fingerprint density at radius 1 is 0.848 bits per heavy atom. The van der Waals surface area contributed by atoms with Crippen LogP contribution in [-0.2, 0) is 4.79 Å². The highest BCUT2D eigenvalue weighted by molar-refractivity contribution is 5.95. The topological polar surface area (TPSA) is 61.9 Å². The monoisotopic (exact) mass is 451 g/mol. The summed E-state index contributed by atoms with van der Waals surface area (Å²) in [6, 6.07) is 19.6. The fourth-order valence-corrected chi connectivity index (χ4v) is 3.59. The van der Waals surface area contributed by atoms with Gasteiger partial charge in [0.25, 0.3) is 5.91 Å². The SMILES string of the molecule is O=C(CN1CCN(C(=O)c2ccc(F)c(F)c2)CC1)Nc1ccccc1Oc1ccccc1. The second-order valence-corrected chi connectivity index (χ2v) is 7.66. The van der Waals surface area contributed by atoms with E-state index in [2.05, 4.69) is 5.32 Å². The van der Waals surface area contributed by atoms with Gasteiger partial charge < -0.3 is 15.0 Å². The first-order valence-electron chi connectivity index (χ1n) is 10.6. The molecular formula is C25H23F2N3O3. The first-order valence-corrected chi connectivity index (χ1v) is 10.6. The van der Waals surface area contributed by atoms with Crippen LogP contribution in [-0.4, -0.2) is 54.3 Å². The van der Waals surface area contributed by atoms with Gasteiger partial charge in [-0.05, 0) is 42.5 Å². The maximum absolute atomic E-state index is 13.4. The lowest BCUT2D eigenvalue weighted by atomic mass is 10.1. The summed E-state index contributed by atoms with van der Waals surface area (Å²) in [6.45, 7) is 1.92. The smallest absolute Gasteiger partial charge is 0.254 e. The summed E-state index contributed by atoms with van der Waals surface area (Å²) in [5, 5.41) is 2.89. The quantitative estimate of drug-likeness (QED) is 0.612. The summed E-state index contributed by atoms with van der Waals surface area (Å²) in [5.74, 6) is -1.38. The number of hydrogen-bond acceptors (Lipinski definition) is 4. The van der Waals surface area contributed by atoms with Gasteiger partial charge in [0.1, 0.15) is 5.75 Å². The minimum absolute atomic E-state index is 0.107. The molecule has 0 radical (unpaired) electrons. The standard InChI is InChI=1S/C25H23F2N3O3/c26-20-11-10-18(16-21(20)27)25(32)30-14-12-29(13-15-30)17-24(31)28-22-8-4-5-9-23(22)33-19-6-2-1-3-7-19/h1-11,16H,12-15,17H2,(H,28,31). The van der Waals surface area contributed by atoms with E-state index in [0.717, 1.165) is 12.1 Å². The average Bonchev–Trinajstić information content (AvgIpc) is 2.83. The van der Waals surface area contributed by atoms with Gasteiger partial charge in [-0.15, -0.1) is 0 Å². The lowest BCUT2D eigenvalue weighted by molar-refractivity contribution is -0.117. The molecule has 0 aromatic heterocycles. The first kappa shape index (κ1) is 22.4. The summed E-state index contributed by atoms with van der Waals surface area (Å²) in [5.41, 5.74) is 0.675. The highest BCUT2D eigenvalue weighted by atomic mass is 19.2. The number of nitrogens with zero attached hydrogens (tertiary/aromatic N) is 2. The van der Waals surface area contributed by atoms with Gasteiger partial charge in [0, 0.05) is 31.7 Å². The van der Waals surface area contributed by atoms with Crippen LogP contribution in [0.4, 0.5) is 14.5 Å². The number of halogens is 2. The van der Waals surface area contributed by atoms with Crippen LogP contribution in [0.5, 0.6) is 11.5 Å². The molecule has 0 bridgehead atoms. The van der Waals surface area contributed by atoms with Crippen molar-refractivity contribution in [1.82, 2.24) is 9.80 Å². The van der Waals surface area contributed by atoms with Crippen LogP contribution in [0.2, 0.25) is 0 Å². The number of benzene rings is 3. The highest BCUT2D eigenvalue weighted by Crippen LogP contribution is 2.29. The third-order valence-electron chi connectivity index (χ3n) is 5.33. The summed E-state index contributed by atoms with van der Waals surface area (Å²) in [6.07, 6.45) is 0. The molecule has 3 aromatic carbocycles. The van der Waals surface area contributed by atoms with Crippen LogP contribution in [0, 0.1) is 11.6 Å². The van der Waals surface area contributed by atoms with Crippen molar-refractivity contribution in [2.45, 2.75) is 0 Å². The van der Waals surface area contributed by atoms with Gasteiger partial charge in [0.05, 0.1) is 12.2 Å². The molecule has 0 atom stereocenters. The Balaban J connectivity index is 1.30. The highest BCUT2D eigenvalue weighted by Gasteiger charge is 2.24. The molecule has 1 aliphatic heterocycles. The second kappa shape index (κ2) is 10.2. The van der Waals surface area contributed by atoms with E-state index in [0.29, 0.717) is 43.4 Å². The van der Waals surface area contributed by atoms with E-state index in [1.54, 1.807) is 17.0 Å².